The number of aliphatic hydroxyl groups excluding tert-OH is 1. The number of carbonyl (C=O) groups excluding carboxylic acids is 2. The Kier molecular flexibility index (Phi) is 9.97. The van der Waals surface area contributed by atoms with E-state index in [4.69, 9.17) is 28.8 Å². The van der Waals surface area contributed by atoms with Crippen LogP contribution < -0.4 is 22.5 Å². The van der Waals surface area contributed by atoms with E-state index in [0.29, 0.717) is 20.4 Å². The Hall–Kier alpha value is -3.10. The molecule has 2 aliphatic rings. The molecule has 0 radical (unpaired) electrons. The van der Waals surface area contributed by atoms with Gasteiger partial charge in [-0.05, 0) is 11.2 Å². The largest absolute Gasteiger partial charge is 0.477 e. The number of amides is 2. The van der Waals surface area contributed by atoms with Crippen molar-refractivity contribution < 1.29 is 24.6 Å². The first-order valence-electron chi connectivity index (χ1n) is 11.5. The van der Waals surface area contributed by atoms with E-state index in [1.54, 1.807) is 18.5 Å². The molecule has 4 rings (SSSR count). The lowest BCUT2D eigenvalue weighted by Crippen LogP contribution is -2.70. The van der Waals surface area contributed by atoms with Crippen LogP contribution in [0, 0.1) is 4.91 Å². The molecule has 1 saturated heterocycles. The molecule has 4 atom stereocenters. The molecular formula is C21H22ClN9O6S4. The van der Waals surface area contributed by atoms with Gasteiger partial charge in [0, 0.05) is 38.6 Å². The fourth-order valence-corrected chi connectivity index (χ4v) is 8.48. The van der Waals surface area contributed by atoms with E-state index < -0.39 is 41.3 Å². The zero-order chi connectivity index (χ0) is 29.8. The zero-order valence-electron chi connectivity index (χ0n) is 20.7. The number of carbonyl (C=O) groups is 3. The molecule has 2 aromatic heterocycles. The van der Waals surface area contributed by atoms with Crippen molar-refractivity contribution in [3.8, 4) is 0 Å². The van der Waals surface area contributed by atoms with Gasteiger partial charge in [0.25, 0.3) is 11.8 Å². The minimum atomic E-state index is -1.63. The van der Waals surface area contributed by atoms with Crippen molar-refractivity contribution in [2.45, 2.75) is 33.3 Å². The smallest absolute Gasteiger partial charge is 0.353 e. The molecule has 41 heavy (non-hydrogen) atoms. The van der Waals surface area contributed by atoms with Crippen LogP contribution in [-0.4, -0.2) is 84.4 Å². The van der Waals surface area contributed by atoms with Crippen LogP contribution in [0.1, 0.15) is 11.7 Å². The number of thiazole rings is 1. The molecule has 0 spiro atoms. The number of fused-ring (bicyclic) bond motifs is 1. The Labute approximate surface area is 253 Å². The molecule has 0 saturated carbocycles. The molecule has 15 nitrogen and oxygen atoms in total. The first-order chi connectivity index (χ1) is 19.5. The average Bonchev–Trinajstić information content (AvgIpc) is 3.27. The van der Waals surface area contributed by atoms with Gasteiger partial charge in [-0.1, -0.05) is 34.7 Å². The number of thioether (sulfide) groups is 3. The Morgan fingerprint density at radius 1 is 1.34 bits per heavy atom. The van der Waals surface area contributed by atoms with Gasteiger partial charge in [-0.2, -0.15) is 0 Å². The minimum Gasteiger partial charge on any atom is -0.477 e. The van der Waals surface area contributed by atoms with E-state index >= 15 is 0 Å². The lowest BCUT2D eigenvalue weighted by molar-refractivity contribution is -0.150. The number of aliphatic carboxylic acids is 1. The third-order valence-corrected chi connectivity index (χ3v) is 10.7. The lowest BCUT2D eigenvalue weighted by Gasteiger charge is -2.49. The number of halogens is 1. The Bertz CT molecular complexity index is 1440. The fraction of sp³-hybridized carbons (Fsp3) is 0.333. The van der Waals surface area contributed by atoms with Gasteiger partial charge < -0.3 is 32.7 Å². The number of aromatic nitrogens is 2. The summed E-state index contributed by atoms with van der Waals surface area (Å²) in [5, 5.41) is 24.1. The number of nitrogen functional groups attached to an aromatic ring is 1. The number of nitrogens with two attached hydrogens (primary N) is 3. The van der Waals surface area contributed by atoms with Gasteiger partial charge in [0.05, 0.1) is 12.6 Å². The molecule has 2 aliphatic heterocycles. The number of hydrogen-bond donors (Lipinski definition) is 6. The van der Waals surface area contributed by atoms with E-state index in [2.05, 4.69) is 25.5 Å². The maximum absolute atomic E-state index is 13.1. The van der Waals surface area contributed by atoms with Gasteiger partial charge in [0.1, 0.15) is 27.1 Å². The van der Waals surface area contributed by atoms with Crippen LogP contribution in [0.4, 0.5) is 5.13 Å². The summed E-state index contributed by atoms with van der Waals surface area (Å²) in [4.78, 5) is 64.5. The van der Waals surface area contributed by atoms with Crippen LogP contribution in [0.15, 0.2) is 49.0 Å². The Balaban J connectivity index is 1.51. The Morgan fingerprint density at radius 2 is 2.10 bits per heavy atom. The topological polar surface area (TPSA) is 253 Å². The van der Waals surface area contributed by atoms with Crippen molar-refractivity contribution in [2.24, 2.45) is 21.6 Å². The summed E-state index contributed by atoms with van der Waals surface area (Å²) >= 11 is 10.6. The second kappa shape index (κ2) is 13.3. The molecule has 9 N–H and O–H groups in total. The number of guanidine groups is 1. The van der Waals surface area contributed by atoms with Crippen molar-refractivity contribution in [1.82, 2.24) is 20.2 Å². The minimum absolute atomic E-state index is 0.0189. The van der Waals surface area contributed by atoms with Crippen molar-refractivity contribution in [3.63, 3.8) is 0 Å². The predicted octanol–water partition coefficient (Wildman–Crippen LogP) is 0.796. The molecule has 1 fully saturated rings. The predicted molar refractivity (Wildman–Crippen MR) is 157 cm³/mol. The highest BCUT2D eigenvalue weighted by Gasteiger charge is 2.55. The van der Waals surface area contributed by atoms with Crippen LogP contribution >= 0.6 is 58.2 Å². The molecule has 20 heteroatoms. The number of aliphatic hydroxyl groups is 1. The van der Waals surface area contributed by atoms with Crippen LogP contribution in [-0.2, 0) is 14.4 Å². The van der Waals surface area contributed by atoms with Crippen molar-refractivity contribution >= 4 is 87.1 Å². The summed E-state index contributed by atoms with van der Waals surface area (Å²) in [5.41, 5.74) is 16.1. The maximum Gasteiger partial charge on any atom is 0.353 e. The fourth-order valence-electron chi connectivity index (χ4n) is 3.84. The van der Waals surface area contributed by atoms with E-state index in [9.17, 15) is 29.5 Å². The number of hydrogen-bond acceptors (Lipinski definition) is 14. The van der Waals surface area contributed by atoms with Crippen LogP contribution in [0.3, 0.4) is 0 Å². The number of β-lactam (4-membered cyclic amide) rings is 1. The van der Waals surface area contributed by atoms with Gasteiger partial charge >= 0.3 is 5.97 Å². The summed E-state index contributed by atoms with van der Waals surface area (Å²) in [6.45, 7) is -0.275. The second-order valence-corrected chi connectivity index (χ2v) is 13.3. The molecule has 0 aromatic carbocycles. The van der Waals surface area contributed by atoms with E-state index in [1.165, 1.54) is 35.3 Å². The molecule has 2 unspecified atom stereocenters. The number of pyridine rings is 1. The summed E-state index contributed by atoms with van der Waals surface area (Å²) in [5.74, 6) is -2.49. The summed E-state index contributed by atoms with van der Waals surface area (Å²) in [7, 11) is 0. The molecule has 0 aliphatic carbocycles. The highest BCUT2D eigenvalue weighted by molar-refractivity contribution is 8.07. The van der Waals surface area contributed by atoms with E-state index in [1.807, 2.05) is 0 Å². The Morgan fingerprint density at radius 3 is 2.71 bits per heavy atom. The average molecular weight is 660 g/mol. The van der Waals surface area contributed by atoms with E-state index in [-0.39, 0.29) is 39.2 Å². The number of nitrogens with one attached hydrogen (secondary N) is 1. The third kappa shape index (κ3) is 6.70. The van der Waals surface area contributed by atoms with Crippen molar-refractivity contribution in [2.75, 3.05) is 23.8 Å². The summed E-state index contributed by atoms with van der Waals surface area (Å²) in [6.07, 6.45) is 3.14. The quantitative estimate of drug-likeness (QED) is 0.0606. The maximum atomic E-state index is 13.1. The summed E-state index contributed by atoms with van der Waals surface area (Å²) < 4.78 is 0.0189. The van der Waals surface area contributed by atoms with Gasteiger partial charge in [0.15, 0.2) is 11.1 Å². The number of aliphatic imine (C=N–C) groups is 1. The first-order valence-corrected chi connectivity index (χ1v) is 15.5. The van der Waals surface area contributed by atoms with Gasteiger partial charge in [-0.3, -0.25) is 19.5 Å². The van der Waals surface area contributed by atoms with Crippen molar-refractivity contribution in [3.05, 3.63) is 44.0 Å². The highest BCUT2D eigenvalue weighted by Crippen LogP contribution is 2.46. The number of nitroso groups, excluding NO2 is 1. The highest BCUT2D eigenvalue weighted by atomic mass is 35.5. The first kappa shape index (κ1) is 30.8. The number of anilines is 1. The van der Waals surface area contributed by atoms with E-state index in [0.717, 1.165) is 16.2 Å². The van der Waals surface area contributed by atoms with Crippen LogP contribution in [0.5, 0.6) is 0 Å². The number of rotatable bonds is 12. The molecule has 218 valence electrons. The molecular weight excluding hydrogens is 638 g/mol. The van der Waals surface area contributed by atoms with Gasteiger partial charge in [-0.15, -0.1) is 28.4 Å². The standard InChI is InChI=1S/C21H22ClN9O6S4/c22-15-11(29-21(25)41-15)12(30-37)16(33)28-13-17(34)31-14(19(35)36)10(6-39-18(13)31)40-8-1-2-26-3-9(8)38-5-7(4-32)27-20(23)24/h1-3,7,12-13,18,32H,4-6H2,(H2,25,29)(H,28,33)(H,35,36)(H4,23,24,27)/t7?,12?,13-,18+/m1/s1. The number of carboxylic acids is 1. The molecule has 2 aromatic rings. The van der Waals surface area contributed by atoms with Crippen LogP contribution in [0.25, 0.3) is 0 Å². The molecule has 4 heterocycles. The zero-order valence-corrected chi connectivity index (χ0v) is 24.7. The van der Waals surface area contributed by atoms with Gasteiger partial charge in [0.2, 0.25) is 6.04 Å². The molecule has 2 amide bonds. The van der Waals surface area contributed by atoms with Crippen molar-refractivity contribution in [1.29, 1.82) is 0 Å². The summed E-state index contributed by atoms with van der Waals surface area (Å²) in [6, 6.07) is -1.57. The SMILES string of the molecule is NC(N)=NC(CO)CSc1cnccc1SC1=C(C(=O)O)N2C(=O)[C@@H](NC(=O)C(N=O)c3nc(N)sc3Cl)[C@@H]2SC1. The second-order valence-electron chi connectivity index (χ2n) is 8.32. The molecule has 0 bridgehead atoms. The monoisotopic (exact) mass is 659 g/mol. The third-order valence-electron chi connectivity index (χ3n) is 5.63. The van der Waals surface area contributed by atoms with Crippen LogP contribution in [0.2, 0.25) is 4.34 Å². The number of nitrogens with zero attached hydrogens (tertiary/aromatic N) is 5. The normalized spacial score (nSPS) is 19.6. The van der Waals surface area contributed by atoms with Gasteiger partial charge in [-0.25, -0.2) is 14.8 Å². The lowest BCUT2D eigenvalue weighted by atomic mass is 10.0. The number of carboxylic acid groups (broad SMARTS) is 1.